The summed E-state index contributed by atoms with van der Waals surface area (Å²) in [5.74, 6) is 0.843. The number of urea groups is 1. The maximum atomic E-state index is 12.4. The van der Waals surface area contributed by atoms with Gasteiger partial charge in [0.05, 0.1) is 12.1 Å². The van der Waals surface area contributed by atoms with Crippen molar-refractivity contribution in [1.29, 1.82) is 0 Å². The highest BCUT2D eigenvalue weighted by atomic mass is 16.5. The lowest BCUT2D eigenvalue weighted by Crippen LogP contribution is -2.51. The van der Waals surface area contributed by atoms with Gasteiger partial charge in [0, 0.05) is 26.2 Å². The number of benzene rings is 1. The maximum Gasteiger partial charge on any atom is 0.317 e. The second-order valence-corrected chi connectivity index (χ2v) is 6.33. The van der Waals surface area contributed by atoms with Gasteiger partial charge in [-0.15, -0.1) is 0 Å². The van der Waals surface area contributed by atoms with Gasteiger partial charge >= 0.3 is 6.03 Å². The molecular formula is C18H29N3O2. The van der Waals surface area contributed by atoms with Gasteiger partial charge in [-0.25, -0.2) is 4.79 Å². The Morgan fingerprint density at radius 1 is 1.22 bits per heavy atom. The Morgan fingerprint density at radius 3 is 2.52 bits per heavy atom. The predicted octanol–water partition coefficient (Wildman–Crippen LogP) is 2.88. The predicted molar refractivity (Wildman–Crippen MR) is 92.8 cm³/mol. The molecule has 1 saturated heterocycles. The van der Waals surface area contributed by atoms with Crippen LogP contribution >= 0.6 is 0 Å². The molecule has 1 N–H and O–H groups in total. The van der Waals surface area contributed by atoms with Gasteiger partial charge in [0.15, 0.2) is 0 Å². The van der Waals surface area contributed by atoms with E-state index in [-0.39, 0.29) is 18.2 Å². The Balaban J connectivity index is 1.91. The fraction of sp³-hybridized carbons (Fsp3) is 0.611. The Hall–Kier alpha value is -1.75. The van der Waals surface area contributed by atoms with Crippen LogP contribution in [0.15, 0.2) is 24.3 Å². The summed E-state index contributed by atoms with van der Waals surface area (Å²) in [5.41, 5.74) is 1.06. The molecule has 1 aromatic carbocycles. The highest BCUT2D eigenvalue weighted by Gasteiger charge is 2.21. The average molecular weight is 319 g/mol. The van der Waals surface area contributed by atoms with Crippen LogP contribution < -0.4 is 10.1 Å². The van der Waals surface area contributed by atoms with Gasteiger partial charge in [-0.3, -0.25) is 0 Å². The molecule has 1 unspecified atom stereocenters. The molecule has 1 fully saturated rings. The summed E-state index contributed by atoms with van der Waals surface area (Å²) in [6, 6.07) is 7.91. The Kier molecular flexibility index (Phi) is 6.28. The minimum Gasteiger partial charge on any atom is -0.491 e. The van der Waals surface area contributed by atoms with Gasteiger partial charge in [-0.05, 0) is 45.0 Å². The molecule has 1 heterocycles. The highest BCUT2D eigenvalue weighted by molar-refractivity contribution is 5.74. The quantitative estimate of drug-likeness (QED) is 0.907. The van der Waals surface area contributed by atoms with E-state index in [0.717, 1.165) is 44.0 Å². The van der Waals surface area contributed by atoms with Gasteiger partial charge in [0.25, 0.3) is 0 Å². The van der Waals surface area contributed by atoms with E-state index in [2.05, 4.69) is 17.1 Å². The molecule has 0 radical (unpaired) electrons. The lowest BCUT2D eigenvalue weighted by atomic mass is 10.1. The number of piperazine rings is 1. The van der Waals surface area contributed by atoms with Crippen LogP contribution in [0.4, 0.5) is 4.79 Å². The van der Waals surface area contributed by atoms with Crippen molar-refractivity contribution in [3.63, 3.8) is 0 Å². The third kappa shape index (κ3) is 5.13. The second kappa shape index (κ2) is 8.20. The van der Waals surface area contributed by atoms with Crippen molar-refractivity contribution in [2.45, 2.75) is 39.8 Å². The summed E-state index contributed by atoms with van der Waals surface area (Å²) in [6.45, 7) is 12.7. The van der Waals surface area contributed by atoms with Crippen LogP contribution in [0, 0.1) is 0 Å². The van der Waals surface area contributed by atoms with Crippen molar-refractivity contribution in [2.75, 3.05) is 32.7 Å². The Bertz CT molecular complexity index is 511. The molecule has 2 amide bonds. The number of nitrogens with one attached hydrogen (secondary N) is 1. The molecule has 1 aliphatic rings. The summed E-state index contributed by atoms with van der Waals surface area (Å²) < 4.78 is 5.72. The molecule has 5 heteroatoms. The fourth-order valence-electron chi connectivity index (χ4n) is 2.76. The number of hydrogen-bond donors (Lipinski definition) is 1. The molecule has 1 aliphatic heterocycles. The standard InChI is InChI=1S/C18H29N3O2/c1-5-20-9-11-21(12-10-20)18(22)19-15(4)16-7-6-8-17(13-16)23-14(2)3/h6-8,13-15H,5,9-12H2,1-4H3,(H,19,22). The molecule has 5 nitrogen and oxygen atoms in total. The first-order chi connectivity index (χ1) is 11.0. The summed E-state index contributed by atoms with van der Waals surface area (Å²) >= 11 is 0. The van der Waals surface area contributed by atoms with Crippen LogP contribution in [-0.4, -0.2) is 54.7 Å². The number of hydrogen-bond acceptors (Lipinski definition) is 3. The Labute approximate surface area is 139 Å². The van der Waals surface area contributed by atoms with E-state index in [0.29, 0.717) is 0 Å². The second-order valence-electron chi connectivity index (χ2n) is 6.33. The number of carbonyl (C=O) groups is 1. The highest BCUT2D eigenvalue weighted by Crippen LogP contribution is 2.20. The van der Waals surface area contributed by atoms with E-state index >= 15 is 0 Å². The molecule has 2 rings (SSSR count). The molecule has 0 aromatic heterocycles. The molecule has 128 valence electrons. The van der Waals surface area contributed by atoms with Crippen LogP contribution in [0.5, 0.6) is 5.75 Å². The van der Waals surface area contributed by atoms with Crippen LogP contribution in [0.3, 0.4) is 0 Å². The number of rotatable bonds is 5. The monoisotopic (exact) mass is 319 g/mol. The molecule has 1 atom stereocenters. The zero-order valence-electron chi connectivity index (χ0n) is 14.7. The molecule has 0 aliphatic carbocycles. The zero-order chi connectivity index (χ0) is 16.8. The van der Waals surface area contributed by atoms with Crippen LogP contribution in [0.2, 0.25) is 0 Å². The summed E-state index contributed by atoms with van der Waals surface area (Å²) in [6.07, 6.45) is 0.144. The van der Waals surface area contributed by atoms with Crippen LogP contribution in [0.25, 0.3) is 0 Å². The SMILES string of the molecule is CCN1CCN(C(=O)NC(C)c2cccc(OC(C)C)c2)CC1. The lowest BCUT2D eigenvalue weighted by molar-refractivity contribution is 0.141. The van der Waals surface area contributed by atoms with Crippen molar-refractivity contribution in [3.05, 3.63) is 29.8 Å². The number of nitrogens with zero attached hydrogens (tertiary/aromatic N) is 2. The number of ether oxygens (including phenoxy) is 1. The molecule has 1 aromatic rings. The first kappa shape index (κ1) is 17.6. The number of likely N-dealkylation sites (N-methyl/N-ethyl adjacent to an activating group) is 1. The minimum absolute atomic E-state index is 0.0171. The van der Waals surface area contributed by atoms with Crippen molar-refractivity contribution < 1.29 is 9.53 Å². The van der Waals surface area contributed by atoms with Crippen LogP contribution in [-0.2, 0) is 0 Å². The van der Waals surface area contributed by atoms with E-state index in [4.69, 9.17) is 4.74 Å². The third-order valence-corrected chi connectivity index (χ3v) is 4.18. The number of amides is 2. The van der Waals surface area contributed by atoms with E-state index in [1.54, 1.807) is 0 Å². The fourth-order valence-corrected chi connectivity index (χ4v) is 2.76. The third-order valence-electron chi connectivity index (χ3n) is 4.18. The topological polar surface area (TPSA) is 44.8 Å². The summed E-state index contributed by atoms with van der Waals surface area (Å²) in [4.78, 5) is 16.7. The molecule has 0 bridgehead atoms. The van der Waals surface area contributed by atoms with Gasteiger partial charge in [0.1, 0.15) is 5.75 Å². The Morgan fingerprint density at radius 2 is 1.91 bits per heavy atom. The molecule has 0 spiro atoms. The van der Waals surface area contributed by atoms with Crippen molar-refractivity contribution in [2.24, 2.45) is 0 Å². The first-order valence-electron chi connectivity index (χ1n) is 8.54. The maximum absolute atomic E-state index is 12.4. The largest absolute Gasteiger partial charge is 0.491 e. The molecule has 23 heavy (non-hydrogen) atoms. The van der Waals surface area contributed by atoms with E-state index in [1.807, 2.05) is 49.9 Å². The zero-order valence-corrected chi connectivity index (χ0v) is 14.7. The minimum atomic E-state index is -0.0394. The molecular weight excluding hydrogens is 290 g/mol. The smallest absolute Gasteiger partial charge is 0.317 e. The van der Waals surface area contributed by atoms with E-state index < -0.39 is 0 Å². The lowest BCUT2D eigenvalue weighted by Gasteiger charge is -2.34. The van der Waals surface area contributed by atoms with Gasteiger partial charge in [-0.1, -0.05) is 19.1 Å². The van der Waals surface area contributed by atoms with Gasteiger partial charge < -0.3 is 19.9 Å². The first-order valence-corrected chi connectivity index (χ1v) is 8.54. The summed E-state index contributed by atoms with van der Waals surface area (Å²) in [7, 11) is 0. The van der Waals surface area contributed by atoms with Crippen molar-refractivity contribution >= 4 is 6.03 Å². The van der Waals surface area contributed by atoms with Crippen molar-refractivity contribution in [1.82, 2.24) is 15.1 Å². The molecule has 0 saturated carbocycles. The van der Waals surface area contributed by atoms with E-state index in [9.17, 15) is 4.79 Å². The van der Waals surface area contributed by atoms with Crippen LogP contribution in [0.1, 0.15) is 39.3 Å². The van der Waals surface area contributed by atoms with Crippen molar-refractivity contribution in [3.8, 4) is 5.75 Å². The average Bonchev–Trinajstić information content (AvgIpc) is 2.54. The van der Waals surface area contributed by atoms with Gasteiger partial charge in [-0.2, -0.15) is 0 Å². The summed E-state index contributed by atoms with van der Waals surface area (Å²) in [5, 5.41) is 3.09. The normalized spacial score (nSPS) is 17.2. The van der Waals surface area contributed by atoms with E-state index in [1.165, 1.54) is 0 Å². The van der Waals surface area contributed by atoms with Gasteiger partial charge in [0.2, 0.25) is 0 Å². The number of carbonyl (C=O) groups excluding carboxylic acids is 1.